The van der Waals surface area contributed by atoms with Gasteiger partial charge in [-0.25, -0.2) is 4.79 Å². The molecule has 1 aromatic carbocycles. The van der Waals surface area contributed by atoms with Gasteiger partial charge < -0.3 is 9.84 Å². The molecule has 0 amide bonds. The van der Waals surface area contributed by atoms with Crippen LogP contribution < -0.4 is 0 Å². The van der Waals surface area contributed by atoms with Crippen molar-refractivity contribution in [3.05, 3.63) is 82.5 Å². The Morgan fingerprint density at radius 2 is 2.04 bits per heavy atom. The van der Waals surface area contributed by atoms with Crippen LogP contribution in [0.25, 0.3) is 0 Å². The number of hydrogen-bond donors (Lipinski definition) is 1. The molecule has 0 aromatic heterocycles. The molecule has 4 nitrogen and oxygen atoms in total. The summed E-state index contributed by atoms with van der Waals surface area (Å²) in [4.78, 5) is 15.8. The van der Waals surface area contributed by atoms with Gasteiger partial charge in [-0.15, -0.1) is 0 Å². The van der Waals surface area contributed by atoms with Crippen LogP contribution in [0.1, 0.15) is 31.2 Å². The van der Waals surface area contributed by atoms with Crippen LogP contribution in [0, 0.1) is 5.92 Å². The van der Waals surface area contributed by atoms with E-state index in [2.05, 4.69) is 17.1 Å². The van der Waals surface area contributed by atoms with E-state index >= 15 is 0 Å². The minimum atomic E-state index is -0.981. The van der Waals surface area contributed by atoms with E-state index < -0.39 is 5.97 Å². The van der Waals surface area contributed by atoms with Gasteiger partial charge in [0.1, 0.15) is 6.61 Å². The number of carboxylic acid groups (broad SMARTS) is 1. The summed E-state index contributed by atoms with van der Waals surface area (Å²) in [6.45, 7) is 1.22. The van der Waals surface area contributed by atoms with Crippen LogP contribution in [0.2, 0.25) is 0 Å². The summed E-state index contributed by atoms with van der Waals surface area (Å²) in [5.74, 6) is 0.0199. The van der Waals surface area contributed by atoms with E-state index in [0.717, 1.165) is 30.4 Å². The highest BCUT2D eigenvalue weighted by atomic mass is 35.5. The maximum Gasteiger partial charge on any atom is 0.336 e. The average Bonchev–Trinajstić information content (AvgIpc) is 2.90. The highest BCUT2D eigenvalue weighted by molar-refractivity contribution is 6.32. The lowest BCUT2D eigenvalue weighted by Gasteiger charge is -2.13. The average molecular weight is 398 g/mol. The highest BCUT2D eigenvalue weighted by Crippen LogP contribution is 2.26. The van der Waals surface area contributed by atoms with Gasteiger partial charge in [0.05, 0.1) is 5.57 Å². The molecule has 1 unspecified atom stereocenters. The SMILES string of the molecule is O=C(O)C1=C(\Cl)CC\C=C(CC2C=CC(OCc3ccccc3)=NCC2)/C=C\1. The van der Waals surface area contributed by atoms with Crippen LogP contribution in [0.4, 0.5) is 0 Å². The van der Waals surface area contributed by atoms with Gasteiger partial charge in [0.15, 0.2) is 0 Å². The Bertz CT molecular complexity index is 850. The molecule has 3 rings (SSSR count). The lowest BCUT2D eigenvalue weighted by atomic mass is 9.93. The Kier molecular flexibility index (Phi) is 7.26. The minimum Gasteiger partial charge on any atom is -0.478 e. The maximum atomic E-state index is 11.3. The van der Waals surface area contributed by atoms with E-state index in [4.69, 9.17) is 16.3 Å². The van der Waals surface area contributed by atoms with Crippen LogP contribution in [-0.2, 0) is 16.1 Å². The van der Waals surface area contributed by atoms with Gasteiger partial charge in [0.25, 0.3) is 0 Å². The second-order valence-corrected chi connectivity index (χ2v) is 7.34. The van der Waals surface area contributed by atoms with E-state index in [1.54, 1.807) is 6.08 Å². The van der Waals surface area contributed by atoms with Crippen molar-refractivity contribution < 1.29 is 14.6 Å². The molecule has 0 radical (unpaired) electrons. The van der Waals surface area contributed by atoms with Crippen molar-refractivity contribution in [1.82, 2.24) is 0 Å². The fourth-order valence-electron chi connectivity index (χ4n) is 3.21. The summed E-state index contributed by atoms with van der Waals surface area (Å²) < 4.78 is 5.82. The molecule has 1 aliphatic heterocycles. The molecule has 1 atom stereocenters. The smallest absolute Gasteiger partial charge is 0.336 e. The largest absolute Gasteiger partial charge is 0.478 e. The minimum absolute atomic E-state index is 0.184. The van der Waals surface area contributed by atoms with Gasteiger partial charge >= 0.3 is 5.97 Å². The third-order valence-electron chi connectivity index (χ3n) is 4.76. The van der Waals surface area contributed by atoms with Crippen LogP contribution in [0.5, 0.6) is 0 Å². The number of hydrogen-bond acceptors (Lipinski definition) is 3. The summed E-state index contributed by atoms with van der Waals surface area (Å²) in [7, 11) is 0. The van der Waals surface area contributed by atoms with Crippen molar-refractivity contribution >= 4 is 23.5 Å². The molecule has 1 aliphatic carbocycles. The van der Waals surface area contributed by atoms with Crippen LogP contribution in [-0.4, -0.2) is 23.5 Å². The van der Waals surface area contributed by atoms with Crippen molar-refractivity contribution in [3.63, 3.8) is 0 Å². The van der Waals surface area contributed by atoms with Gasteiger partial charge in [-0.3, -0.25) is 4.99 Å². The fourth-order valence-corrected chi connectivity index (χ4v) is 3.47. The quantitative estimate of drug-likeness (QED) is 0.721. The van der Waals surface area contributed by atoms with Gasteiger partial charge in [-0.2, -0.15) is 0 Å². The summed E-state index contributed by atoms with van der Waals surface area (Å²) in [6, 6.07) is 10.0. The van der Waals surface area contributed by atoms with Crippen molar-refractivity contribution in [2.24, 2.45) is 10.9 Å². The number of benzene rings is 1. The lowest BCUT2D eigenvalue weighted by Crippen LogP contribution is -2.03. The Balaban J connectivity index is 1.58. The molecule has 1 heterocycles. The summed E-state index contributed by atoms with van der Waals surface area (Å²) in [6.07, 6.45) is 12.8. The molecule has 0 fully saturated rings. The first-order valence-corrected chi connectivity index (χ1v) is 9.88. The predicted octanol–water partition coefficient (Wildman–Crippen LogP) is 5.42. The second-order valence-electron chi connectivity index (χ2n) is 6.88. The van der Waals surface area contributed by atoms with Gasteiger partial charge in [-0.05, 0) is 49.3 Å². The monoisotopic (exact) mass is 397 g/mol. The van der Waals surface area contributed by atoms with Crippen molar-refractivity contribution in [3.8, 4) is 0 Å². The zero-order chi connectivity index (χ0) is 19.8. The van der Waals surface area contributed by atoms with Crippen molar-refractivity contribution in [2.75, 3.05) is 6.54 Å². The summed E-state index contributed by atoms with van der Waals surface area (Å²) in [5, 5.41) is 9.68. The summed E-state index contributed by atoms with van der Waals surface area (Å²) in [5.41, 5.74) is 2.43. The van der Waals surface area contributed by atoms with E-state index in [1.807, 2.05) is 42.5 Å². The molecule has 1 N–H and O–H groups in total. The molecule has 1 aromatic rings. The molecule has 2 aliphatic rings. The molecule has 146 valence electrons. The maximum absolute atomic E-state index is 11.3. The van der Waals surface area contributed by atoms with Gasteiger partial charge in [-0.1, -0.05) is 65.7 Å². The number of aliphatic imine (C=N–C) groups is 1. The number of nitrogens with zero attached hydrogens (tertiary/aromatic N) is 1. The van der Waals surface area contributed by atoms with Gasteiger partial charge in [0.2, 0.25) is 5.90 Å². The standard InChI is InChI=1S/C23H24ClNO3/c24-21-8-4-7-17(9-11-20(21)23(26)27)15-18-10-12-22(25-14-13-18)28-16-19-5-2-1-3-6-19/h1-3,5-7,9-12,18H,4,8,13-16H2,(H,26,27)/b11-9-,17-7+,21-20-. The zero-order valence-electron chi connectivity index (χ0n) is 15.7. The third-order valence-corrected chi connectivity index (χ3v) is 5.16. The van der Waals surface area contributed by atoms with Crippen molar-refractivity contribution in [1.29, 1.82) is 0 Å². The fraction of sp³-hybridized carbons (Fsp3) is 0.304. The molecule has 0 spiro atoms. The summed E-state index contributed by atoms with van der Waals surface area (Å²) >= 11 is 6.08. The van der Waals surface area contributed by atoms with Crippen LogP contribution in [0.3, 0.4) is 0 Å². The Morgan fingerprint density at radius 3 is 2.82 bits per heavy atom. The van der Waals surface area contributed by atoms with E-state index in [-0.39, 0.29) is 5.57 Å². The van der Waals surface area contributed by atoms with Crippen LogP contribution in [0.15, 0.2) is 81.9 Å². The Morgan fingerprint density at radius 1 is 1.21 bits per heavy atom. The first kappa shape index (κ1) is 20.2. The molecule has 0 saturated carbocycles. The first-order chi connectivity index (χ1) is 13.6. The number of carbonyl (C=O) groups is 1. The number of ether oxygens (including phenoxy) is 1. The number of allylic oxidation sites excluding steroid dienone is 5. The van der Waals surface area contributed by atoms with E-state index in [9.17, 15) is 9.90 Å². The second kappa shape index (κ2) is 10.1. The number of carboxylic acids is 1. The number of halogens is 1. The third kappa shape index (κ3) is 5.96. The van der Waals surface area contributed by atoms with Crippen molar-refractivity contribution in [2.45, 2.75) is 32.3 Å². The molecular formula is C23H24ClNO3. The Hall–Kier alpha value is -2.59. The molecular weight excluding hydrogens is 374 g/mol. The molecule has 28 heavy (non-hydrogen) atoms. The Labute approximate surface area is 170 Å². The predicted molar refractivity (Wildman–Crippen MR) is 112 cm³/mol. The molecule has 5 heteroatoms. The topological polar surface area (TPSA) is 58.9 Å². The van der Waals surface area contributed by atoms with E-state index in [0.29, 0.717) is 36.4 Å². The number of aliphatic carboxylic acids is 1. The first-order valence-electron chi connectivity index (χ1n) is 9.50. The van der Waals surface area contributed by atoms with E-state index in [1.165, 1.54) is 0 Å². The normalized spacial score (nSPS) is 25.5. The zero-order valence-corrected chi connectivity index (χ0v) is 16.4. The van der Waals surface area contributed by atoms with Crippen LogP contribution >= 0.6 is 11.6 Å². The van der Waals surface area contributed by atoms with Gasteiger partial charge in [0, 0.05) is 11.6 Å². The molecule has 0 bridgehead atoms. The lowest BCUT2D eigenvalue weighted by molar-refractivity contribution is -0.132. The molecule has 0 saturated heterocycles. The highest BCUT2D eigenvalue weighted by Gasteiger charge is 2.14. The number of rotatable bonds is 5.